The van der Waals surface area contributed by atoms with Gasteiger partial charge in [0.25, 0.3) is 0 Å². The van der Waals surface area contributed by atoms with E-state index >= 15 is 0 Å². The average molecular weight is 336 g/mol. The second-order valence-electron chi connectivity index (χ2n) is 7.14. The monoisotopic (exact) mass is 336 g/mol. The molecule has 0 spiro atoms. The lowest BCUT2D eigenvalue weighted by Crippen LogP contribution is -1.92. The summed E-state index contributed by atoms with van der Waals surface area (Å²) in [5.74, 6) is 0. The Balaban J connectivity index is 1.45. The van der Waals surface area contributed by atoms with E-state index in [0.717, 1.165) is 19.3 Å². The van der Waals surface area contributed by atoms with E-state index in [4.69, 9.17) is 0 Å². The Kier molecular flexibility index (Phi) is 4.58. The van der Waals surface area contributed by atoms with Gasteiger partial charge in [0.05, 0.1) is 0 Å². The fourth-order valence-corrected chi connectivity index (χ4v) is 3.83. The highest BCUT2D eigenvalue weighted by molar-refractivity contribution is 5.88. The van der Waals surface area contributed by atoms with Crippen LogP contribution < -0.4 is 0 Å². The highest BCUT2D eigenvalue weighted by Gasteiger charge is 2.10. The molecule has 0 heterocycles. The highest BCUT2D eigenvalue weighted by atomic mass is 14.1. The summed E-state index contributed by atoms with van der Waals surface area (Å²) in [5, 5.41) is 2.70. The van der Waals surface area contributed by atoms with Crippen LogP contribution >= 0.6 is 0 Å². The van der Waals surface area contributed by atoms with E-state index < -0.39 is 0 Å². The van der Waals surface area contributed by atoms with Crippen molar-refractivity contribution in [1.82, 2.24) is 0 Å². The van der Waals surface area contributed by atoms with Gasteiger partial charge in [0, 0.05) is 0 Å². The van der Waals surface area contributed by atoms with Crippen molar-refractivity contribution < 1.29 is 0 Å². The summed E-state index contributed by atoms with van der Waals surface area (Å²) in [6.07, 6.45) is 9.73. The topological polar surface area (TPSA) is 0 Å². The molecular weight excluding hydrogens is 312 g/mol. The molecule has 4 rings (SSSR count). The van der Waals surface area contributed by atoms with Crippen LogP contribution in [-0.4, -0.2) is 0 Å². The molecule has 0 saturated heterocycles. The van der Waals surface area contributed by atoms with Crippen LogP contribution in [0.4, 0.5) is 0 Å². The molecule has 0 saturated carbocycles. The largest absolute Gasteiger partial charge is 0.0992 e. The van der Waals surface area contributed by atoms with Crippen LogP contribution in [-0.2, 0) is 12.8 Å². The fourth-order valence-electron chi connectivity index (χ4n) is 3.83. The average Bonchev–Trinajstić information content (AvgIpc) is 3.08. The third-order valence-corrected chi connectivity index (χ3v) is 5.25. The molecule has 3 aromatic rings. The smallest absolute Gasteiger partial charge is 0.00605 e. The zero-order chi connectivity index (χ0) is 17.9. The first kappa shape index (κ1) is 16.6. The lowest BCUT2D eigenvalue weighted by Gasteiger charge is -2.10. The van der Waals surface area contributed by atoms with Crippen molar-refractivity contribution >= 4 is 16.3 Å². The van der Waals surface area contributed by atoms with Crippen LogP contribution in [0.1, 0.15) is 28.7 Å². The normalized spacial score (nSPS) is 13.2. The fraction of sp³-hybridized carbons (Fsp3) is 0.154. The Bertz CT molecular complexity index is 1030. The van der Waals surface area contributed by atoms with Gasteiger partial charge in [-0.05, 0) is 64.8 Å². The molecule has 26 heavy (non-hydrogen) atoms. The van der Waals surface area contributed by atoms with Crippen molar-refractivity contribution in [3.05, 3.63) is 113 Å². The van der Waals surface area contributed by atoms with Crippen LogP contribution in [0.3, 0.4) is 0 Å². The lowest BCUT2D eigenvalue weighted by atomic mass is 9.95. The number of allylic oxidation sites excluding steroid dienone is 5. The van der Waals surface area contributed by atoms with E-state index in [9.17, 15) is 0 Å². The molecule has 0 aliphatic heterocycles. The van der Waals surface area contributed by atoms with Crippen molar-refractivity contribution in [2.24, 2.45) is 0 Å². The highest BCUT2D eigenvalue weighted by Crippen LogP contribution is 2.29. The molecule has 0 nitrogen and oxygen atoms in total. The molecule has 0 fully saturated rings. The van der Waals surface area contributed by atoms with E-state index in [1.165, 1.54) is 44.2 Å². The summed E-state index contributed by atoms with van der Waals surface area (Å²) < 4.78 is 0. The minimum atomic E-state index is 0.918. The standard InChI is InChI=1S/C26H24/c1-19(8-7-10-22-17-16-21-9-3-4-12-25(21)22)18-23-15-14-20(2)24-11-5-6-13-26(23)24/h3-7,9-15,17H,1,8,16,18H2,2H3. The predicted octanol–water partition coefficient (Wildman–Crippen LogP) is 6.83. The molecule has 0 atom stereocenters. The van der Waals surface area contributed by atoms with Crippen LogP contribution in [0.5, 0.6) is 0 Å². The number of hydrogen-bond acceptors (Lipinski definition) is 0. The van der Waals surface area contributed by atoms with Crippen LogP contribution in [0.15, 0.2) is 91.0 Å². The van der Waals surface area contributed by atoms with Gasteiger partial charge >= 0.3 is 0 Å². The van der Waals surface area contributed by atoms with E-state index in [1.807, 2.05) is 0 Å². The molecule has 0 heteroatoms. The van der Waals surface area contributed by atoms with Gasteiger partial charge in [-0.2, -0.15) is 0 Å². The maximum Gasteiger partial charge on any atom is -0.00605 e. The second kappa shape index (κ2) is 7.17. The van der Waals surface area contributed by atoms with Gasteiger partial charge < -0.3 is 0 Å². The SMILES string of the molecule is C=C(CC=CC1=CCc2ccccc21)Cc1ccc(C)c2ccccc12. The predicted molar refractivity (Wildman–Crippen MR) is 113 cm³/mol. The zero-order valence-corrected chi connectivity index (χ0v) is 15.3. The maximum absolute atomic E-state index is 4.32. The zero-order valence-electron chi connectivity index (χ0n) is 15.3. The van der Waals surface area contributed by atoms with Gasteiger partial charge in [-0.3, -0.25) is 0 Å². The van der Waals surface area contributed by atoms with E-state index in [0.29, 0.717) is 0 Å². The summed E-state index contributed by atoms with van der Waals surface area (Å²) in [6, 6.07) is 21.8. The number of benzene rings is 3. The second-order valence-corrected chi connectivity index (χ2v) is 7.14. The van der Waals surface area contributed by atoms with Gasteiger partial charge in [-0.1, -0.05) is 91.0 Å². The Labute approximate surface area is 156 Å². The van der Waals surface area contributed by atoms with Gasteiger partial charge in [0.1, 0.15) is 0 Å². The molecule has 0 bridgehead atoms. The van der Waals surface area contributed by atoms with Gasteiger partial charge in [-0.25, -0.2) is 0 Å². The number of hydrogen-bond donors (Lipinski definition) is 0. The van der Waals surface area contributed by atoms with E-state index in [1.54, 1.807) is 0 Å². The van der Waals surface area contributed by atoms with Gasteiger partial charge in [0.15, 0.2) is 0 Å². The summed E-state index contributed by atoms with van der Waals surface area (Å²) in [4.78, 5) is 0. The van der Waals surface area contributed by atoms with E-state index in [2.05, 4.69) is 92.4 Å². The molecule has 0 N–H and O–H groups in total. The molecule has 1 aliphatic carbocycles. The molecule has 0 radical (unpaired) electrons. The van der Waals surface area contributed by atoms with Crippen molar-refractivity contribution in [2.75, 3.05) is 0 Å². The molecule has 128 valence electrons. The first-order valence-electron chi connectivity index (χ1n) is 9.31. The Hall–Kier alpha value is -2.86. The number of fused-ring (bicyclic) bond motifs is 2. The third-order valence-electron chi connectivity index (χ3n) is 5.25. The van der Waals surface area contributed by atoms with Crippen LogP contribution in [0, 0.1) is 6.92 Å². The van der Waals surface area contributed by atoms with Crippen LogP contribution in [0.2, 0.25) is 0 Å². The quantitative estimate of drug-likeness (QED) is 0.448. The molecule has 0 aromatic heterocycles. The van der Waals surface area contributed by atoms with Crippen LogP contribution in [0.25, 0.3) is 16.3 Å². The Morgan fingerprint density at radius 1 is 0.962 bits per heavy atom. The molecule has 1 aliphatic rings. The molecule has 0 amide bonds. The first-order chi connectivity index (χ1) is 12.7. The van der Waals surface area contributed by atoms with Crippen molar-refractivity contribution in [3.63, 3.8) is 0 Å². The number of rotatable bonds is 5. The third kappa shape index (κ3) is 3.28. The van der Waals surface area contributed by atoms with Crippen molar-refractivity contribution in [2.45, 2.75) is 26.2 Å². The molecule has 0 unspecified atom stereocenters. The van der Waals surface area contributed by atoms with Crippen molar-refractivity contribution in [3.8, 4) is 0 Å². The summed E-state index contributed by atoms with van der Waals surface area (Å²) in [6.45, 7) is 6.49. The Morgan fingerprint density at radius 3 is 2.62 bits per heavy atom. The Morgan fingerprint density at radius 2 is 1.73 bits per heavy atom. The maximum atomic E-state index is 4.32. The van der Waals surface area contributed by atoms with Gasteiger partial charge in [0.2, 0.25) is 0 Å². The summed E-state index contributed by atoms with van der Waals surface area (Å²) in [7, 11) is 0. The molecule has 3 aromatic carbocycles. The summed E-state index contributed by atoms with van der Waals surface area (Å²) in [5.41, 5.74) is 8.10. The van der Waals surface area contributed by atoms with Crippen molar-refractivity contribution in [1.29, 1.82) is 0 Å². The lowest BCUT2D eigenvalue weighted by molar-refractivity contribution is 1.09. The minimum absolute atomic E-state index is 0.918. The van der Waals surface area contributed by atoms with E-state index in [-0.39, 0.29) is 0 Å². The molecular formula is C26H24. The first-order valence-corrected chi connectivity index (χ1v) is 9.31. The summed E-state index contributed by atoms with van der Waals surface area (Å²) >= 11 is 0. The minimum Gasteiger partial charge on any atom is -0.0992 e. The number of aryl methyl sites for hydroxylation is 1. The van der Waals surface area contributed by atoms with Gasteiger partial charge in [-0.15, -0.1) is 0 Å².